The second kappa shape index (κ2) is 8.71. The highest BCUT2D eigenvalue weighted by Crippen LogP contribution is 2.38. The van der Waals surface area contributed by atoms with E-state index in [9.17, 15) is 9.59 Å². The number of urea groups is 1. The molecule has 0 bridgehead atoms. The van der Waals surface area contributed by atoms with Crippen LogP contribution in [-0.4, -0.2) is 25.7 Å². The van der Waals surface area contributed by atoms with Gasteiger partial charge in [-0.15, -0.1) is 0 Å². The monoisotopic (exact) mass is 474 g/mol. The fourth-order valence-corrected chi connectivity index (χ4v) is 4.25. The summed E-state index contributed by atoms with van der Waals surface area (Å²) in [5, 5.41) is 5.55. The lowest BCUT2D eigenvalue weighted by Gasteiger charge is -2.29. The topological polar surface area (TPSA) is 76.7 Å². The number of esters is 1. The van der Waals surface area contributed by atoms with Crippen LogP contribution in [0.5, 0.6) is 5.75 Å². The van der Waals surface area contributed by atoms with Gasteiger partial charge in [-0.25, -0.2) is 9.59 Å². The summed E-state index contributed by atoms with van der Waals surface area (Å²) in [5.74, 6) is 0.200. The lowest BCUT2D eigenvalue weighted by molar-refractivity contribution is -0.139. The minimum absolute atomic E-state index is 0.262. The van der Waals surface area contributed by atoms with E-state index < -0.39 is 12.0 Å². The van der Waals surface area contributed by atoms with Gasteiger partial charge in [-0.05, 0) is 62.9 Å². The highest BCUT2D eigenvalue weighted by molar-refractivity contribution is 9.11. The molecule has 136 valence electrons. The number of allylic oxidation sites excluding steroid dienone is 1. The van der Waals surface area contributed by atoms with Crippen molar-refractivity contribution >= 4 is 43.9 Å². The van der Waals surface area contributed by atoms with E-state index in [0.717, 1.165) is 12.0 Å². The number of carbonyl (C=O) groups excluding carboxylic acids is 2. The van der Waals surface area contributed by atoms with E-state index >= 15 is 0 Å². The quantitative estimate of drug-likeness (QED) is 0.604. The van der Waals surface area contributed by atoms with Crippen LogP contribution in [0.2, 0.25) is 0 Å². The predicted octanol–water partition coefficient (Wildman–Crippen LogP) is 4.19. The van der Waals surface area contributed by atoms with Gasteiger partial charge < -0.3 is 20.1 Å². The number of hydrogen-bond donors (Lipinski definition) is 2. The van der Waals surface area contributed by atoms with Crippen LogP contribution in [0.25, 0.3) is 0 Å². The molecular weight excluding hydrogens is 456 g/mol. The first-order valence-electron chi connectivity index (χ1n) is 7.93. The van der Waals surface area contributed by atoms with Gasteiger partial charge in [0.1, 0.15) is 5.75 Å². The summed E-state index contributed by atoms with van der Waals surface area (Å²) >= 11 is 6.92. The van der Waals surface area contributed by atoms with Gasteiger partial charge in [0.15, 0.2) is 0 Å². The number of methoxy groups -OCH3 is 1. The van der Waals surface area contributed by atoms with E-state index in [1.54, 1.807) is 14.0 Å². The molecule has 0 fully saturated rings. The number of benzene rings is 1. The van der Waals surface area contributed by atoms with E-state index in [1.165, 1.54) is 0 Å². The third kappa shape index (κ3) is 4.36. The van der Waals surface area contributed by atoms with Gasteiger partial charge in [-0.1, -0.05) is 13.3 Å². The molecule has 0 radical (unpaired) electrons. The third-order valence-electron chi connectivity index (χ3n) is 3.71. The van der Waals surface area contributed by atoms with E-state index in [0.29, 0.717) is 32.4 Å². The summed E-state index contributed by atoms with van der Waals surface area (Å²) in [6.07, 6.45) is 1.37. The molecule has 2 amide bonds. The molecule has 0 aromatic heterocycles. The first-order valence-corrected chi connectivity index (χ1v) is 9.52. The molecule has 1 atom stereocenters. The Kier molecular flexibility index (Phi) is 6.89. The van der Waals surface area contributed by atoms with Crippen LogP contribution in [0.15, 0.2) is 32.3 Å². The van der Waals surface area contributed by atoms with Crippen molar-refractivity contribution < 1.29 is 19.1 Å². The van der Waals surface area contributed by atoms with Crippen molar-refractivity contribution in [2.75, 3.05) is 13.7 Å². The minimum Gasteiger partial charge on any atom is -0.494 e. The molecule has 1 aromatic carbocycles. The molecule has 1 unspecified atom stereocenters. The van der Waals surface area contributed by atoms with Crippen LogP contribution in [0.1, 0.15) is 38.3 Å². The normalized spacial score (nSPS) is 17.0. The minimum atomic E-state index is -0.604. The summed E-state index contributed by atoms with van der Waals surface area (Å²) in [7, 11) is 1.57. The first-order chi connectivity index (χ1) is 11.9. The smallest absolute Gasteiger partial charge is 0.338 e. The van der Waals surface area contributed by atoms with Crippen LogP contribution in [0.4, 0.5) is 4.79 Å². The summed E-state index contributed by atoms with van der Waals surface area (Å²) in [4.78, 5) is 24.6. The molecule has 0 saturated carbocycles. The van der Waals surface area contributed by atoms with Gasteiger partial charge >= 0.3 is 12.0 Å². The average molecular weight is 476 g/mol. The Morgan fingerprint density at radius 1 is 1.24 bits per heavy atom. The van der Waals surface area contributed by atoms with Crippen LogP contribution in [0, 0.1) is 0 Å². The van der Waals surface area contributed by atoms with E-state index in [2.05, 4.69) is 42.5 Å². The number of carbonyl (C=O) groups is 2. The number of ether oxygens (including phenoxy) is 2. The highest BCUT2D eigenvalue weighted by atomic mass is 79.9. The highest BCUT2D eigenvalue weighted by Gasteiger charge is 2.34. The van der Waals surface area contributed by atoms with Gasteiger partial charge in [0.05, 0.1) is 34.3 Å². The maximum Gasteiger partial charge on any atom is 0.338 e. The van der Waals surface area contributed by atoms with E-state index in [-0.39, 0.29) is 12.6 Å². The molecule has 1 heterocycles. The average Bonchev–Trinajstić information content (AvgIpc) is 2.54. The number of nitrogens with one attached hydrogen (secondary N) is 2. The summed E-state index contributed by atoms with van der Waals surface area (Å²) < 4.78 is 12.0. The maximum atomic E-state index is 12.5. The Morgan fingerprint density at radius 2 is 1.88 bits per heavy atom. The zero-order valence-corrected chi connectivity index (χ0v) is 17.4. The predicted molar refractivity (Wildman–Crippen MR) is 101 cm³/mol. The molecule has 2 N–H and O–H groups in total. The van der Waals surface area contributed by atoms with E-state index in [1.807, 2.05) is 19.1 Å². The van der Waals surface area contributed by atoms with Crippen LogP contribution in [0.3, 0.4) is 0 Å². The van der Waals surface area contributed by atoms with Crippen molar-refractivity contribution in [3.05, 3.63) is 37.9 Å². The SMILES string of the molecule is CCCC1=C(C(=O)OCC)C(c2cc(Br)c(OC)c(Br)c2)NC(=O)N1. The Morgan fingerprint density at radius 3 is 2.40 bits per heavy atom. The number of rotatable bonds is 6. The Labute approximate surface area is 163 Å². The lowest BCUT2D eigenvalue weighted by atomic mass is 9.94. The van der Waals surface area contributed by atoms with Gasteiger partial charge in [-0.2, -0.15) is 0 Å². The molecule has 1 aliphatic heterocycles. The van der Waals surface area contributed by atoms with Crippen LogP contribution < -0.4 is 15.4 Å². The number of hydrogen-bond acceptors (Lipinski definition) is 4. The van der Waals surface area contributed by atoms with Gasteiger partial charge in [-0.3, -0.25) is 0 Å². The van der Waals surface area contributed by atoms with Gasteiger partial charge in [0.2, 0.25) is 0 Å². The van der Waals surface area contributed by atoms with Crippen molar-refractivity contribution in [3.8, 4) is 5.75 Å². The number of amides is 2. The summed E-state index contributed by atoms with van der Waals surface area (Å²) in [5.41, 5.74) is 1.76. The zero-order chi connectivity index (χ0) is 18.6. The lowest BCUT2D eigenvalue weighted by Crippen LogP contribution is -2.46. The second-order valence-electron chi connectivity index (χ2n) is 5.41. The van der Waals surface area contributed by atoms with Crippen molar-refractivity contribution in [2.24, 2.45) is 0 Å². The Bertz CT molecular complexity index is 696. The Balaban J connectivity index is 2.57. The van der Waals surface area contributed by atoms with Crippen LogP contribution >= 0.6 is 31.9 Å². The van der Waals surface area contributed by atoms with E-state index in [4.69, 9.17) is 9.47 Å². The van der Waals surface area contributed by atoms with Crippen molar-refractivity contribution in [3.63, 3.8) is 0 Å². The maximum absolute atomic E-state index is 12.5. The standard InChI is InChI=1S/C17H20Br2N2O4/c1-4-6-12-13(16(22)25-5-2)14(21-17(23)20-12)9-7-10(18)15(24-3)11(19)8-9/h7-8,14H,4-6H2,1-3H3,(H2,20,21,23). The first kappa shape index (κ1) is 19.8. The molecule has 1 aromatic rings. The van der Waals surface area contributed by atoms with Crippen molar-refractivity contribution in [1.82, 2.24) is 10.6 Å². The fourth-order valence-electron chi connectivity index (χ4n) is 2.71. The molecule has 6 nitrogen and oxygen atoms in total. The molecule has 0 saturated heterocycles. The molecule has 0 aliphatic carbocycles. The van der Waals surface area contributed by atoms with Crippen molar-refractivity contribution in [1.29, 1.82) is 0 Å². The molecule has 8 heteroatoms. The number of halogens is 2. The van der Waals surface area contributed by atoms with Gasteiger partial charge in [0.25, 0.3) is 0 Å². The third-order valence-corrected chi connectivity index (χ3v) is 4.89. The van der Waals surface area contributed by atoms with Gasteiger partial charge in [0, 0.05) is 5.70 Å². The zero-order valence-electron chi connectivity index (χ0n) is 14.2. The molecule has 1 aliphatic rings. The summed E-state index contributed by atoms with van der Waals surface area (Å²) in [6, 6.07) is 2.70. The molecule has 0 spiro atoms. The molecular formula is C17H20Br2N2O4. The van der Waals surface area contributed by atoms with Crippen molar-refractivity contribution in [2.45, 2.75) is 32.7 Å². The summed E-state index contributed by atoms with van der Waals surface area (Å²) in [6.45, 7) is 4.00. The van der Waals surface area contributed by atoms with Crippen LogP contribution in [-0.2, 0) is 9.53 Å². The molecule has 25 heavy (non-hydrogen) atoms. The largest absolute Gasteiger partial charge is 0.494 e. The molecule has 2 rings (SSSR count). The second-order valence-corrected chi connectivity index (χ2v) is 7.12. The fraction of sp³-hybridized carbons (Fsp3) is 0.412. The Hall–Kier alpha value is -1.54.